The fourth-order valence-electron chi connectivity index (χ4n) is 2.27. The monoisotopic (exact) mass is 440 g/mol. The van der Waals surface area contributed by atoms with E-state index in [4.69, 9.17) is 9.47 Å². The van der Waals surface area contributed by atoms with E-state index in [0.29, 0.717) is 19.7 Å². The highest BCUT2D eigenvalue weighted by Crippen LogP contribution is 2.21. The van der Waals surface area contributed by atoms with Crippen molar-refractivity contribution >= 4 is 33.2 Å². The van der Waals surface area contributed by atoms with Crippen LogP contribution in [0.3, 0.4) is 0 Å². The summed E-state index contributed by atoms with van der Waals surface area (Å²) in [6.07, 6.45) is 0.0201. The van der Waals surface area contributed by atoms with Crippen LogP contribution in [-0.4, -0.2) is 50.2 Å². The van der Waals surface area contributed by atoms with Crippen molar-refractivity contribution in [1.82, 2.24) is 15.2 Å². The molecule has 142 valence electrons. The highest BCUT2D eigenvalue weighted by Gasteiger charge is 2.12. The number of thiazole rings is 1. The van der Waals surface area contributed by atoms with E-state index >= 15 is 0 Å². The normalized spacial score (nSPS) is 12.7. The van der Waals surface area contributed by atoms with Crippen LogP contribution in [0.5, 0.6) is 5.75 Å². The number of ether oxygens (including phenoxy) is 2. The molecule has 2 aromatic rings. The number of aliphatic imine (C=N–C) groups is 1. The standard InChI is InChI=1S/C18H25BrN4O2S/c1-13(24-4)17-22-15(12-26-17)11-23(3)18(20-2)21-8-9-25-16-7-5-6-14(19)10-16/h5-7,10,12-13H,8-9,11H2,1-4H3,(H,20,21). The summed E-state index contributed by atoms with van der Waals surface area (Å²) in [5, 5.41) is 6.35. The van der Waals surface area contributed by atoms with Crippen LogP contribution in [0, 0.1) is 0 Å². The van der Waals surface area contributed by atoms with Gasteiger partial charge in [0.05, 0.1) is 18.8 Å². The number of nitrogens with zero attached hydrogens (tertiary/aromatic N) is 3. The van der Waals surface area contributed by atoms with Crippen LogP contribution < -0.4 is 10.1 Å². The summed E-state index contributed by atoms with van der Waals surface area (Å²) in [5.74, 6) is 1.64. The van der Waals surface area contributed by atoms with Crippen LogP contribution in [0.1, 0.15) is 23.7 Å². The lowest BCUT2D eigenvalue weighted by Crippen LogP contribution is -2.40. The van der Waals surface area contributed by atoms with Gasteiger partial charge in [-0.05, 0) is 25.1 Å². The van der Waals surface area contributed by atoms with Gasteiger partial charge in [0.15, 0.2) is 5.96 Å². The maximum absolute atomic E-state index is 5.73. The third kappa shape index (κ3) is 6.26. The maximum atomic E-state index is 5.73. The second-order valence-electron chi connectivity index (χ2n) is 5.69. The lowest BCUT2D eigenvalue weighted by atomic mass is 10.3. The molecule has 0 spiro atoms. The van der Waals surface area contributed by atoms with Gasteiger partial charge in [0, 0.05) is 31.1 Å². The quantitative estimate of drug-likeness (QED) is 0.385. The van der Waals surface area contributed by atoms with Crippen molar-refractivity contribution < 1.29 is 9.47 Å². The Morgan fingerprint density at radius 1 is 1.46 bits per heavy atom. The van der Waals surface area contributed by atoms with Crippen LogP contribution in [0.25, 0.3) is 0 Å². The van der Waals surface area contributed by atoms with Crippen molar-refractivity contribution in [3.63, 3.8) is 0 Å². The van der Waals surface area contributed by atoms with Crippen molar-refractivity contribution in [3.05, 3.63) is 44.8 Å². The summed E-state index contributed by atoms with van der Waals surface area (Å²) in [7, 11) is 5.45. The summed E-state index contributed by atoms with van der Waals surface area (Å²) in [6.45, 7) is 3.89. The van der Waals surface area contributed by atoms with Gasteiger partial charge in [-0.2, -0.15) is 0 Å². The van der Waals surface area contributed by atoms with E-state index in [-0.39, 0.29) is 6.10 Å². The summed E-state index contributed by atoms with van der Waals surface area (Å²) in [4.78, 5) is 11.0. The van der Waals surface area contributed by atoms with Crippen LogP contribution in [0.15, 0.2) is 39.1 Å². The molecule has 2 rings (SSSR count). The minimum atomic E-state index is 0.0201. The molecule has 1 aromatic heterocycles. The average Bonchev–Trinajstić information content (AvgIpc) is 3.09. The number of halogens is 1. The van der Waals surface area contributed by atoms with Gasteiger partial charge in [0.25, 0.3) is 0 Å². The zero-order chi connectivity index (χ0) is 18.9. The predicted molar refractivity (Wildman–Crippen MR) is 110 cm³/mol. The van der Waals surface area contributed by atoms with Gasteiger partial charge in [-0.15, -0.1) is 11.3 Å². The summed E-state index contributed by atoms with van der Waals surface area (Å²) < 4.78 is 12.0. The SMILES string of the molecule is CN=C(NCCOc1cccc(Br)c1)N(C)Cc1csc(C(C)OC)n1. The van der Waals surface area contributed by atoms with Crippen molar-refractivity contribution in [2.24, 2.45) is 4.99 Å². The molecule has 0 aliphatic heterocycles. The molecule has 0 saturated carbocycles. The highest BCUT2D eigenvalue weighted by atomic mass is 79.9. The predicted octanol–water partition coefficient (Wildman–Crippen LogP) is 3.70. The van der Waals surface area contributed by atoms with Gasteiger partial charge in [0.2, 0.25) is 0 Å². The van der Waals surface area contributed by atoms with Gasteiger partial charge < -0.3 is 19.7 Å². The second-order valence-corrected chi connectivity index (χ2v) is 7.50. The number of nitrogens with one attached hydrogen (secondary N) is 1. The molecule has 26 heavy (non-hydrogen) atoms. The number of benzene rings is 1. The largest absolute Gasteiger partial charge is 0.492 e. The molecule has 0 aliphatic carbocycles. The van der Waals surface area contributed by atoms with E-state index in [2.05, 4.69) is 36.6 Å². The molecule has 0 aliphatic rings. The average molecular weight is 441 g/mol. The van der Waals surface area contributed by atoms with Crippen LogP contribution in [0.2, 0.25) is 0 Å². The Morgan fingerprint density at radius 3 is 2.96 bits per heavy atom. The molecular formula is C18H25BrN4O2S. The summed E-state index contributed by atoms with van der Waals surface area (Å²) >= 11 is 5.05. The third-order valence-electron chi connectivity index (χ3n) is 3.69. The smallest absolute Gasteiger partial charge is 0.193 e. The fraction of sp³-hybridized carbons (Fsp3) is 0.444. The zero-order valence-corrected chi connectivity index (χ0v) is 17.9. The van der Waals surface area contributed by atoms with Crippen LogP contribution >= 0.6 is 27.3 Å². The Hall–Kier alpha value is -1.64. The molecule has 0 amide bonds. The second kappa shape index (κ2) is 10.5. The minimum absolute atomic E-state index is 0.0201. The van der Waals surface area contributed by atoms with Crippen molar-refractivity contribution in [1.29, 1.82) is 0 Å². The number of hydrogen-bond acceptors (Lipinski definition) is 5. The first-order valence-corrected chi connectivity index (χ1v) is 9.98. The van der Waals surface area contributed by atoms with E-state index in [1.807, 2.05) is 43.1 Å². The van der Waals surface area contributed by atoms with Gasteiger partial charge in [0.1, 0.15) is 23.5 Å². The first kappa shape index (κ1) is 20.7. The number of aromatic nitrogens is 1. The van der Waals surface area contributed by atoms with E-state index in [1.54, 1.807) is 25.5 Å². The molecule has 6 nitrogen and oxygen atoms in total. The number of rotatable bonds is 8. The zero-order valence-electron chi connectivity index (χ0n) is 15.5. The van der Waals surface area contributed by atoms with Crippen LogP contribution in [0.4, 0.5) is 0 Å². The van der Waals surface area contributed by atoms with Crippen molar-refractivity contribution in [3.8, 4) is 5.75 Å². The van der Waals surface area contributed by atoms with Crippen molar-refractivity contribution in [2.45, 2.75) is 19.6 Å². The van der Waals surface area contributed by atoms with Gasteiger partial charge >= 0.3 is 0 Å². The van der Waals surface area contributed by atoms with Crippen LogP contribution in [-0.2, 0) is 11.3 Å². The molecular weight excluding hydrogens is 416 g/mol. The molecule has 1 heterocycles. The van der Waals surface area contributed by atoms with Gasteiger partial charge in [-0.1, -0.05) is 22.0 Å². The first-order valence-electron chi connectivity index (χ1n) is 8.30. The summed E-state index contributed by atoms with van der Waals surface area (Å²) in [6, 6.07) is 7.81. The Labute approximate surface area is 167 Å². The number of hydrogen-bond donors (Lipinski definition) is 1. The van der Waals surface area contributed by atoms with E-state index in [0.717, 1.165) is 26.9 Å². The molecule has 1 N–H and O–H groups in total. The Balaban J connectivity index is 1.79. The molecule has 0 saturated heterocycles. The third-order valence-corrected chi connectivity index (χ3v) is 5.24. The molecule has 8 heteroatoms. The Kier molecular flexibility index (Phi) is 8.34. The molecule has 1 aromatic carbocycles. The van der Waals surface area contributed by atoms with E-state index < -0.39 is 0 Å². The van der Waals surface area contributed by atoms with Gasteiger partial charge in [-0.25, -0.2) is 4.98 Å². The fourth-order valence-corrected chi connectivity index (χ4v) is 3.49. The molecule has 1 unspecified atom stereocenters. The van der Waals surface area contributed by atoms with E-state index in [1.165, 1.54) is 0 Å². The van der Waals surface area contributed by atoms with Gasteiger partial charge in [-0.3, -0.25) is 4.99 Å². The molecule has 1 atom stereocenters. The Morgan fingerprint density at radius 2 is 2.27 bits per heavy atom. The highest BCUT2D eigenvalue weighted by molar-refractivity contribution is 9.10. The lowest BCUT2D eigenvalue weighted by molar-refractivity contribution is 0.119. The molecule has 0 bridgehead atoms. The lowest BCUT2D eigenvalue weighted by Gasteiger charge is -2.21. The summed E-state index contributed by atoms with van der Waals surface area (Å²) in [5.41, 5.74) is 1.00. The number of methoxy groups -OCH3 is 1. The van der Waals surface area contributed by atoms with Crippen molar-refractivity contribution in [2.75, 3.05) is 34.4 Å². The maximum Gasteiger partial charge on any atom is 0.193 e. The number of guanidine groups is 1. The first-order chi connectivity index (χ1) is 12.5. The Bertz CT molecular complexity index is 723. The topological polar surface area (TPSA) is 59.0 Å². The van der Waals surface area contributed by atoms with E-state index in [9.17, 15) is 0 Å². The molecule has 0 radical (unpaired) electrons. The minimum Gasteiger partial charge on any atom is -0.492 e. The molecule has 0 fully saturated rings.